The molecule has 0 aliphatic carbocycles. The Kier molecular flexibility index (Phi) is 5.07. The number of hydrazone groups is 1. The van der Waals surface area contributed by atoms with E-state index in [1.165, 1.54) is 24.0 Å². The van der Waals surface area contributed by atoms with E-state index in [0.29, 0.717) is 15.6 Å². The first-order valence-electron chi connectivity index (χ1n) is 10.00. The summed E-state index contributed by atoms with van der Waals surface area (Å²) in [6, 6.07) is 10.5. The summed E-state index contributed by atoms with van der Waals surface area (Å²) in [5, 5.41) is 23.7. The lowest BCUT2D eigenvalue weighted by Gasteiger charge is -2.45. The number of anilines is 1. The van der Waals surface area contributed by atoms with Gasteiger partial charge in [0.1, 0.15) is 0 Å². The van der Waals surface area contributed by atoms with Crippen LogP contribution in [0.25, 0.3) is 0 Å². The van der Waals surface area contributed by atoms with Gasteiger partial charge in [-0.25, -0.2) is 4.79 Å². The second-order valence-corrected chi connectivity index (χ2v) is 8.69. The molecule has 2 N–H and O–H groups in total. The van der Waals surface area contributed by atoms with Crippen LogP contribution in [0.15, 0.2) is 63.3 Å². The van der Waals surface area contributed by atoms with Crippen LogP contribution in [0.4, 0.5) is 18.9 Å². The highest BCUT2D eigenvalue weighted by atomic mass is 79.9. The molecule has 3 unspecified atom stereocenters. The van der Waals surface area contributed by atoms with Gasteiger partial charge in [-0.15, -0.1) is 5.10 Å². The van der Waals surface area contributed by atoms with E-state index >= 15 is 0 Å². The van der Waals surface area contributed by atoms with Crippen molar-refractivity contribution < 1.29 is 27.8 Å². The van der Waals surface area contributed by atoms with Crippen molar-refractivity contribution in [2.75, 3.05) is 4.90 Å². The van der Waals surface area contributed by atoms with Crippen molar-refractivity contribution in [3.63, 3.8) is 0 Å². The number of epoxide rings is 1. The van der Waals surface area contributed by atoms with E-state index in [0.717, 1.165) is 12.1 Å². The summed E-state index contributed by atoms with van der Waals surface area (Å²) >= 11 is 3.43. The molecule has 3 aliphatic rings. The average Bonchev–Trinajstić information content (AvgIpc) is 3.57. The molecular weight excluding hydrogens is 519 g/mol. The zero-order valence-corrected chi connectivity index (χ0v) is 18.9. The van der Waals surface area contributed by atoms with Gasteiger partial charge in [-0.2, -0.15) is 18.4 Å². The van der Waals surface area contributed by atoms with Gasteiger partial charge in [-0.1, -0.05) is 28.1 Å². The predicted octanol–water partition coefficient (Wildman–Crippen LogP) is 4.12. The van der Waals surface area contributed by atoms with Gasteiger partial charge in [0.05, 0.1) is 28.8 Å². The number of ether oxygens (including phenoxy) is 1. The Balaban J connectivity index is 1.73. The zero-order chi connectivity index (χ0) is 24.4. The Labute approximate surface area is 199 Å². The molecule has 5 rings (SSSR count). The molecule has 2 aromatic rings. The number of nitriles is 1. The van der Waals surface area contributed by atoms with Crippen molar-refractivity contribution in [1.29, 1.82) is 5.26 Å². The van der Waals surface area contributed by atoms with Gasteiger partial charge in [-0.05, 0) is 42.8 Å². The van der Waals surface area contributed by atoms with Crippen LogP contribution < -0.4 is 10.3 Å². The highest BCUT2D eigenvalue weighted by molar-refractivity contribution is 9.10. The van der Waals surface area contributed by atoms with Crippen LogP contribution >= 0.6 is 15.9 Å². The average molecular weight is 534 g/mol. The fraction of sp³-hybridized carbons (Fsp3) is 0.227. The first-order valence-corrected chi connectivity index (χ1v) is 10.8. The molecule has 34 heavy (non-hydrogen) atoms. The number of benzene rings is 2. The molecule has 3 heterocycles. The van der Waals surface area contributed by atoms with E-state index in [-0.39, 0.29) is 22.9 Å². The number of hydrogen-bond donors (Lipinski definition) is 2. The van der Waals surface area contributed by atoms with Crippen molar-refractivity contribution in [3.05, 3.63) is 74.9 Å². The van der Waals surface area contributed by atoms with Gasteiger partial charge in [-0.3, -0.25) is 15.2 Å². The van der Waals surface area contributed by atoms with Crippen LogP contribution in [0.1, 0.15) is 29.7 Å². The van der Waals surface area contributed by atoms with Crippen LogP contribution in [0.2, 0.25) is 0 Å². The van der Waals surface area contributed by atoms with Crippen molar-refractivity contribution in [1.82, 2.24) is 10.3 Å². The van der Waals surface area contributed by atoms with Crippen LogP contribution in [0.3, 0.4) is 0 Å². The normalized spacial score (nSPS) is 23.4. The summed E-state index contributed by atoms with van der Waals surface area (Å²) in [7, 11) is 0. The topological polar surface area (TPSA) is 104 Å². The van der Waals surface area contributed by atoms with E-state index in [2.05, 4.69) is 26.5 Å². The maximum atomic E-state index is 13.4. The van der Waals surface area contributed by atoms with E-state index < -0.39 is 36.2 Å². The molecule has 1 fully saturated rings. The molecule has 0 saturated carbocycles. The molecule has 0 aromatic heterocycles. The monoisotopic (exact) mass is 533 g/mol. The van der Waals surface area contributed by atoms with Crippen LogP contribution in [-0.2, 0) is 15.7 Å². The van der Waals surface area contributed by atoms with E-state index in [9.17, 15) is 28.3 Å². The number of rotatable bonds is 3. The molecule has 2 aromatic carbocycles. The summed E-state index contributed by atoms with van der Waals surface area (Å²) in [5.74, 6) is -1.05. The number of hydrogen-bond acceptors (Lipinski definition) is 7. The molecule has 0 amide bonds. The van der Waals surface area contributed by atoms with Crippen molar-refractivity contribution in [2.24, 2.45) is 5.10 Å². The van der Waals surface area contributed by atoms with Gasteiger partial charge in [0.2, 0.25) is 5.96 Å². The number of halogens is 4. The summed E-state index contributed by atoms with van der Waals surface area (Å²) < 4.78 is 46.3. The smallest absolute Gasteiger partial charge is 0.416 e. The number of nitrogens with zero attached hydrogens (tertiary/aromatic N) is 4. The molecule has 3 atom stereocenters. The summed E-state index contributed by atoms with van der Waals surface area (Å²) in [6.45, 7) is 1.52. The van der Waals surface area contributed by atoms with Gasteiger partial charge in [0.25, 0.3) is 0 Å². The predicted molar refractivity (Wildman–Crippen MR) is 117 cm³/mol. The Morgan fingerprint density at radius 2 is 2.06 bits per heavy atom. The number of fused-ring (bicyclic) bond motifs is 3. The molecule has 0 spiro atoms. The third-order valence-corrected chi connectivity index (χ3v) is 6.52. The van der Waals surface area contributed by atoms with Gasteiger partial charge in [0, 0.05) is 15.9 Å². The minimum absolute atomic E-state index is 0.0575. The van der Waals surface area contributed by atoms with Gasteiger partial charge >= 0.3 is 12.1 Å². The number of carboxylic acids is 1. The minimum atomic E-state index is -4.58. The zero-order valence-electron chi connectivity index (χ0n) is 17.3. The fourth-order valence-electron chi connectivity index (χ4n) is 4.26. The first-order chi connectivity index (χ1) is 16.1. The first kappa shape index (κ1) is 22.2. The molecule has 3 aliphatic heterocycles. The Hall–Kier alpha value is -3.56. The van der Waals surface area contributed by atoms with Crippen molar-refractivity contribution >= 4 is 33.5 Å². The maximum Gasteiger partial charge on any atom is 0.416 e. The van der Waals surface area contributed by atoms with Crippen molar-refractivity contribution in [2.45, 2.75) is 31.6 Å². The minimum Gasteiger partial charge on any atom is -0.478 e. The summed E-state index contributed by atoms with van der Waals surface area (Å²) in [4.78, 5) is 15.5. The Bertz CT molecular complexity index is 1320. The largest absolute Gasteiger partial charge is 0.478 e. The lowest BCUT2D eigenvalue weighted by atomic mass is 9.92. The number of alkyl halides is 3. The quantitative estimate of drug-likeness (QED) is 0.572. The molecule has 1 saturated heterocycles. The van der Waals surface area contributed by atoms with Gasteiger partial charge in [0.15, 0.2) is 12.5 Å². The van der Waals surface area contributed by atoms with Crippen LogP contribution in [0, 0.1) is 11.3 Å². The number of aliphatic carboxylic acids is 1. The van der Waals surface area contributed by atoms with Crippen molar-refractivity contribution in [3.8, 4) is 6.07 Å². The maximum absolute atomic E-state index is 13.4. The standard InChI is InChI=1S/C22H15BrF3N5O3/c1-10-16(20(32)33)17(14-6-5-11(9-27)7-15(14)23)31-19-18(34-19)28-29-21(31)30(10)13-4-2-3-12(8-13)22(24,25)26/h2-8,17-19,28H,1H3,(H,32,33). The van der Waals surface area contributed by atoms with E-state index in [4.69, 9.17) is 4.74 Å². The van der Waals surface area contributed by atoms with Crippen LogP contribution in [0.5, 0.6) is 0 Å². The number of carbonyl (C=O) groups is 1. The highest BCUT2D eigenvalue weighted by Crippen LogP contribution is 2.47. The summed E-state index contributed by atoms with van der Waals surface area (Å²) in [6.07, 6.45) is -5.65. The number of guanidine groups is 1. The molecule has 174 valence electrons. The molecule has 8 nitrogen and oxygen atoms in total. The lowest BCUT2D eigenvalue weighted by molar-refractivity contribution is -0.137. The third kappa shape index (κ3) is 3.48. The molecular formula is C22H15BrF3N5O3. The van der Waals surface area contributed by atoms with E-state index in [1.54, 1.807) is 23.1 Å². The number of nitrogens with one attached hydrogen (secondary N) is 1. The van der Waals surface area contributed by atoms with Crippen LogP contribution in [-0.4, -0.2) is 34.4 Å². The fourth-order valence-corrected chi connectivity index (χ4v) is 4.86. The highest BCUT2D eigenvalue weighted by Gasteiger charge is 2.56. The van der Waals surface area contributed by atoms with E-state index in [1.807, 2.05) is 6.07 Å². The Morgan fingerprint density at radius 1 is 1.29 bits per heavy atom. The summed E-state index contributed by atoms with van der Waals surface area (Å²) in [5.41, 5.74) is 3.10. The second-order valence-electron chi connectivity index (χ2n) is 7.83. The Morgan fingerprint density at radius 3 is 2.71 bits per heavy atom. The second kappa shape index (κ2) is 7.75. The molecule has 12 heteroatoms. The number of carboxylic acid groups (broad SMARTS) is 1. The SMILES string of the molecule is CC1=C(C(=O)O)C(c2ccc(C#N)cc2Br)N2C(=NNC3OC32)N1c1cccc(C(F)(F)F)c1. The lowest BCUT2D eigenvalue weighted by Crippen LogP contribution is -2.56. The number of allylic oxidation sites excluding steroid dienone is 1. The van der Waals surface area contributed by atoms with Gasteiger partial charge < -0.3 is 9.84 Å². The molecule has 0 radical (unpaired) electrons. The molecule has 0 bridgehead atoms. The third-order valence-electron chi connectivity index (χ3n) is 5.83.